The lowest BCUT2D eigenvalue weighted by molar-refractivity contribution is -0.383. The van der Waals surface area contributed by atoms with E-state index >= 15 is 0 Å². The number of hydrogen-bond acceptors (Lipinski definition) is 6. The van der Waals surface area contributed by atoms with Gasteiger partial charge in [0.1, 0.15) is 16.4 Å². The van der Waals surface area contributed by atoms with Crippen LogP contribution in [0.4, 0.5) is 11.4 Å². The highest BCUT2D eigenvalue weighted by Gasteiger charge is 2.26. The monoisotopic (exact) mass is 408 g/mol. The number of benzene rings is 1. The van der Waals surface area contributed by atoms with Gasteiger partial charge in [0.2, 0.25) is 0 Å². The van der Waals surface area contributed by atoms with E-state index in [1.165, 1.54) is 29.8 Å². The molecule has 1 amide bonds. The number of carbonyl (C=O) groups is 2. The van der Waals surface area contributed by atoms with E-state index in [4.69, 9.17) is 16.3 Å². The van der Waals surface area contributed by atoms with Crippen molar-refractivity contribution in [2.24, 2.45) is 0 Å². The van der Waals surface area contributed by atoms with Crippen LogP contribution in [0.15, 0.2) is 24.3 Å². The molecule has 0 radical (unpaired) electrons. The number of rotatable bonds is 8. The second-order valence-corrected chi connectivity index (χ2v) is 6.50. The van der Waals surface area contributed by atoms with Gasteiger partial charge < -0.3 is 10.1 Å². The zero-order valence-corrected chi connectivity index (χ0v) is 16.5. The first kappa shape index (κ1) is 21.4. The number of nitrogens with one attached hydrogen (secondary N) is 1. The number of anilines is 1. The van der Waals surface area contributed by atoms with Crippen molar-refractivity contribution in [1.82, 2.24) is 9.78 Å². The van der Waals surface area contributed by atoms with Gasteiger partial charge in [-0.25, -0.2) is 4.79 Å². The summed E-state index contributed by atoms with van der Waals surface area (Å²) >= 11 is 6.23. The van der Waals surface area contributed by atoms with Crippen molar-refractivity contribution in [3.05, 3.63) is 50.8 Å². The molecule has 2 rings (SSSR count). The Morgan fingerprint density at radius 1 is 1.39 bits per heavy atom. The standard InChI is InChI=1S/C18H21ClN4O5/c1-4-5-10-22-16(19)15(11(2)21-22)18(25)28-12(3)17(24)20-13-8-6-7-9-14(13)23(26)27/h6-9,12H,4-5,10H2,1-3H3,(H,20,24)/t12-/m0/s1. The van der Waals surface area contributed by atoms with Crippen LogP contribution in [0.2, 0.25) is 5.15 Å². The molecule has 0 saturated carbocycles. The van der Waals surface area contributed by atoms with Gasteiger partial charge in [-0.3, -0.25) is 19.6 Å². The van der Waals surface area contributed by atoms with E-state index < -0.39 is 22.9 Å². The highest BCUT2D eigenvalue weighted by atomic mass is 35.5. The van der Waals surface area contributed by atoms with Crippen LogP contribution in [0.3, 0.4) is 0 Å². The van der Waals surface area contributed by atoms with Crippen molar-refractivity contribution in [3.8, 4) is 0 Å². The molecule has 28 heavy (non-hydrogen) atoms. The third-order valence-electron chi connectivity index (χ3n) is 4.00. The molecule has 150 valence electrons. The number of amides is 1. The van der Waals surface area contributed by atoms with Gasteiger partial charge in [-0.1, -0.05) is 37.1 Å². The first-order chi connectivity index (χ1) is 13.3. The van der Waals surface area contributed by atoms with Gasteiger partial charge in [0.15, 0.2) is 6.10 Å². The van der Waals surface area contributed by atoms with E-state index in [1.54, 1.807) is 13.0 Å². The normalized spacial score (nSPS) is 11.7. The molecule has 0 aliphatic carbocycles. The Bertz CT molecular complexity index is 896. The number of aryl methyl sites for hydroxylation is 2. The van der Waals surface area contributed by atoms with Crippen LogP contribution in [-0.4, -0.2) is 32.7 Å². The van der Waals surface area contributed by atoms with Crippen LogP contribution in [0.5, 0.6) is 0 Å². The third kappa shape index (κ3) is 4.86. The highest BCUT2D eigenvalue weighted by molar-refractivity contribution is 6.32. The Morgan fingerprint density at radius 2 is 2.07 bits per heavy atom. The molecule has 2 aromatic rings. The largest absolute Gasteiger partial charge is 0.449 e. The van der Waals surface area contributed by atoms with E-state index in [0.29, 0.717) is 12.2 Å². The summed E-state index contributed by atoms with van der Waals surface area (Å²) in [5.74, 6) is -1.48. The summed E-state index contributed by atoms with van der Waals surface area (Å²) in [5, 5.41) is 17.8. The summed E-state index contributed by atoms with van der Waals surface area (Å²) in [6.45, 7) is 5.59. The van der Waals surface area contributed by atoms with Crippen LogP contribution < -0.4 is 5.32 Å². The minimum absolute atomic E-state index is 0.0157. The molecule has 0 saturated heterocycles. The fourth-order valence-electron chi connectivity index (χ4n) is 2.49. The molecule has 10 heteroatoms. The maximum absolute atomic E-state index is 12.5. The number of nitro benzene ring substituents is 1. The second-order valence-electron chi connectivity index (χ2n) is 6.14. The number of esters is 1. The number of carbonyl (C=O) groups excluding carboxylic acids is 2. The van der Waals surface area contributed by atoms with Crippen LogP contribution in [0.1, 0.15) is 42.7 Å². The van der Waals surface area contributed by atoms with Gasteiger partial charge in [0.05, 0.1) is 10.6 Å². The van der Waals surface area contributed by atoms with Gasteiger partial charge in [-0.15, -0.1) is 0 Å². The molecule has 0 bridgehead atoms. The van der Waals surface area contributed by atoms with Gasteiger partial charge in [-0.2, -0.15) is 5.10 Å². The third-order valence-corrected chi connectivity index (χ3v) is 4.39. The fraction of sp³-hybridized carbons (Fsp3) is 0.389. The topological polar surface area (TPSA) is 116 Å². The molecule has 1 atom stereocenters. The molecule has 0 aliphatic rings. The Balaban J connectivity index is 2.09. The molecule has 1 N–H and O–H groups in total. The summed E-state index contributed by atoms with van der Waals surface area (Å²) in [5.41, 5.74) is 0.257. The van der Waals surface area contributed by atoms with Crippen LogP contribution in [0.25, 0.3) is 0 Å². The maximum Gasteiger partial charge on any atom is 0.343 e. The van der Waals surface area contributed by atoms with Crippen molar-refractivity contribution in [2.45, 2.75) is 46.3 Å². The van der Waals surface area contributed by atoms with Crippen LogP contribution >= 0.6 is 11.6 Å². The maximum atomic E-state index is 12.5. The zero-order chi connectivity index (χ0) is 20.8. The summed E-state index contributed by atoms with van der Waals surface area (Å²) in [4.78, 5) is 35.2. The molecule has 9 nitrogen and oxygen atoms in total. The van der Waals surface area contributed by atoms with Gasteiger partial charge in [0, 0.05) is 12.6 Å². The molecule has 0 unspecified atom stereocenters. The lowest BCUT2D eigenvalue weighted by Crippen LogP contribution is -2.30. The molecule has 1 aromatic heterocycles. The Kier molecular flexibility index (Phi) is 7.11. The number of ether oxygens (including phenoxy) is 1. The zero-order valence-electron chi connectivity index (χ0n) is 15.8. The number of aromatic nitrogens is 2. The molecule has 0 fully saturated rings. The van der Waals surface area contributed by atoms with Crippen LogP contribution in [0, 0.1) is 17.0 Å². The quantitative estimate of drug-likeness (QED) is 0.404. The Labute approximate surface area is 166 Å². The molecule has 1 heterocycles. The van der Waals surface area contributed by atoms with E-state index in [9.17, 15) is 19.7 Å². The molecular formula is C18H21ClN4O5. The van der Waals surface area contributed by atoms with Crippen molar-refractivity contribution in [1.29, 1.82) is 0 Å². The minimum atomic E-state index is -1.19. The second kappa shape index (κ2) is 9.32. The van der Waals surface area contributed by atoms with Gasteiger partial charge in [0.25, 0.3) is 11.6 Å². The molecule has 1 aromatic carbocycles. The number of unbranched alkanes of at least 4 members (excludes halogenated alkanes) is 1. The summed E-state index contributed by atoms with van der Waals surface area (Å²) in [6.07, 6.45) is 0.601. The van der Waals surface area contributed by atoms with E-state index in [-0.39, 0.29) is 22.1 Å². The Morgan fingerprint density at radius 3 is 2.71 bits per heavy atom. The lowest BCUT2D eigenvalue weighted by atomic mass is 10.2. The first-order valence-electron chi connectivity index (χ1n) is 8.74. The predicted octanol–water partition coefficient (Wildman–Crippen LogP) is 3.74. The van der Waals surface area contributed by atoms with Crippen molar-refractivity contribution in [3.63, 3.8) is 0 Å². The summed E-state index contributed by atoms with van der Waals surface area (Å²) < 4.78 is 6.71. The van der Waals surface area contributed by atoms with Crippen molar-refractivity contribution >= 4 is 34.9 Å². The average Bonchev–Trinajstić information content (AvgIpc) is 2.93. The lowest BCUT2D eigenvalue weighted by Gasteiger charge is -2.13. The van der Waals surface area contributed by atoms with Gasteiger partial charge in [-0.05, 0) is 26.3 Å². The van der Waals surface area contributed by atoms with Gasteiger partial charge >= 0.3 is 5.97 Å². The van der Waals surface area contributed by atoms with E-state index in [1.807, 2.05) is 6.92 Å². The van der Waals surface area contributed by atoms with Crippen LogP contribution in [-0.2, 0) is 16.1 Å². The number of para-hydroxylation sites is 2. The number of halogens is 1. The number of hydrogen-bond donors (Lipinski definition) is 1. The SMILES string of the molecule is CCCCn1nc(C)c(C(=O)O[C@@H](C)C(=O)Nc2ccccc2[N+](=O)[O-])c1Cl. The molecule has 0 spiro atoms. The smallest absolute Gasteiger partial charge is 0.343 e. The minimum Gasteiger partial charge on any atom is -0.449 e. The number of nitrogens with zero attached hydrogens (tertiary/aromatic N) is 3. The summed E-state index contributed by atoms with van der Waals surface area (Å²) in [7, 11) is 0. The molecular weight excluding hydrogens is 388 g/mol. The molecule has 0 aliphatic heterocycles. The van der Waals surface area contributed by atoms with Crippen molar-refractivity contribution in [2.75, 3.05) is 5.32 Å². The van der Waals surface area contributed by atoms with Crippen molar-refractivity contribution < 1.29 is 19.2 Å². The van der Waals surface area contributed by atoms with E-state index in [0.717, 1.165) is 12.8 Å². The summed E-state index contributed by atoms with van der Waals surface area (Å²) in [6, 6.07) is 5.69. The Hall–Kier alpha value is -2.94. The fourth-order valence-corrected chi connectivity index (χ4v) is 2.82. The average molecular weight is 409 g/mol. The predicted molar refractivity (Wildman–Crippen MR) is 103 cm³/mol. The highest BCUT2D eigenvalue weighted by Crippen LogP contribution is 2.24. The first-order valence-corrected chi connectivity index (χ1v) is 9.12. The van der Waals surface area contributed by atoms with E-state index in [2.05, 4.69) is 10.4 Å². The number of nitro groups is 1.